The summed E-state index contributed by atoms with van der Waals surface area (Å²) in [6, 6.07) is 19.4. The van der Waals surface area contributed by atoms with Crippen molar-refractivity contribution < 1.29 is 0 Å². The van der Waals surface area contributed by atoms with Gasteiger partial charge < -0.3 is 5.32 Å². The number of nitrogens with one attached hydrogen (secondary N) is 1. The highest BCUT2D eigenvalue weighted by atomic mass is 79.9. The van der Waals surface area contributed by atoms with Gasteiger partial charge in [-0.1, -0.05) is 78.3 Å². The molecule has 0 saturated heterocycles. The summed E-state index contributed by atoms with van der Waals surface area (Å²) in [4.78, 5) is 0. The van der Waals surface area contributed by atoms with E-state index in [-0.39, 0.29) is 5.41 Å². The Labute approximate surface area is 130 Å². The van der Waals surface area contributed by atoms with E-state index in [0.717, 1.165) is 11.0 Å². The molecule has 0 saturated carbocycles. The van der Waals surface area contributed by atoms with E-state index in [1.165, 1.54) is 11.1 Å². The molecule has 0 aromatic heterocycles. The third-order valence-electron chi connectivity index (χ3n) is 3.78. The summed E-state index contributed by atoms with van der Waals surface area (Å²) >= 11 is 3.62. The fraction of sp³-hybridized carbons (Fsp3) is 0.333. The van der Waals surface area contributed by atoms with Crippen LogP contribution in [0.1, 0.15) is 37.9 Å². The van der Waals surface area contributed by atoms with Gasteiger partial charge in [0.15, 0.2) is 0 Å². The van der Waals surface area contributed by atoms with Crippen molar-refractivity contribution in [1.29, 1.82) is 0 Å². The highest BCUT2D eigenvalue weighted by molar-refractivity contribution is 9.10. The lowest BCUT2D eigenvalue weighted by Gasteiger charge is -2.28. The topological polar surface area (TPSA) is 12.0 Å². The monoisotopic (exact) mass is 331 g/mol. The number of rotatable bonds is 5. The molecule has 1 atom stereocenters. The second-order valence-electron chi connectivity index (χ2n) is 5.87. The van der Waals surface area contributed by atoms with Gasteiger partial charge in [-0.15, -0.1) is 0 Å². The van der Waals surface area contributed by atoms with E-state index in [9.17, 15) is 0 Å². The van der Waals surface area contributed by atoms with E-state index in [4.69, 9.17) is 0 Å². The van der Waals surface area contributed by atoms with Crippen molar-refractivity contribution in [2.24, 2.45) is 0 Å². The largest absolute Gasteiger partial charge is 0.309 e. The van der Waals surface area contributed by atoms with Crippen molar-refractivity contribution in [3.63, 3.8) is 0 Å². The maximum atomic E-state index is 3.65. The maximum absolute atomic E-state index is 3.65. The number of halogens is 1. The van der Waals surface area contributed by atoms with Crippen LogP contribution in [0.2, 0.25) is 0 Å². The minimum Gasteiger partial charge on any atom is -0.309 e. The zero-order chi connectivity index (χ0) is 14.6. The van der Waals surface area contributed by atoms with E-state index in [2.05, 4.69) is 90.5 Å². The SMILES string of the molecule is CC(NCC(C)(C)c1ccccc1)c1ccccc1Br. The first-order valence-electron chi connectivity index (χ1n) is 7.04. The molecule has 0 heterocycles. The summed E-state index contributed by atoms with van der Waals surface area (Å²) in [6.45, 7) is 7.71. The second kappa shape index (κ2) is 6.55. The third-order valence-corrected chi connectivity index (χ3v) is 4.50. The van der Waals surface area contributed by atoms with Gasteiger partial charge in [-0.3, -0.25) is 0 Å². The predicted octanol–water partition coefficient (Wildman–Crippen LogP) is 5.08. The summed E-state index contributed by atoms with van der Waals surface area (Å²) in [7, 11) is 0. The van der Waals surface area contributed by atoms with Crippen LogP contribution in [0.5, 0.6) is 0 Å². The molecule has 0 amide bonds. The van der Waals surface area contributed by atoms with E-state index in [1.807, 2.05) is 6.07 Å². The van der Waals surface area contributed by atoms with E-state index >= 15 is 0 Å². The molecule has 2 rings (SSSR count). The average Bonchev–Trinajstić information content (AvgIpc) is 2.46. The quantitative estimate of drug-likeness (QED) is 0.805. The summed E-state index contributed by atoms with van der Waals surface area (Å²) in [5.41, 5.74) is 2.79. The highest BCUT2D eigenvalue weighted by Gasteiger charge is 2.21. The molecule has 106 valence electrons. The van der Waals surface area contributed by atoms with Gasteiger partial charge in [-0.2, -0.15) is 0 Å². The first-order valence-corrected chi connectivity index (χ1v) is 7.83. The maximum Gasteiger partial charge on any atom is 0.0303 e. The predicted molar refractivity (Wildman–Crippen MR) is 90.0 cm³/mol. The summed E-state index contributed by atoms with van der Waals surface area (Å²) in [6.07, 6.45) is 0. The zero-order valence-corrected chi connectivity index (χ0v) is 13.9. The normalized spacial score (nSPS) is 13.2. The Hall–Kier alpha value is -1.12. The van der Waals surface area contributed by atoms with Crippen LogP contribution < -0.4 is 5.32 Å². The molecule has 0 spiro atoms. The Morgan fingerprint density at radius 2 is 1.60 bits per heavy atom. The van der Waals surface area contributed by atoms with Crippen LogP contribution in [0, 0.1) is 0 Å². The van der Waals surface area contributed by atoms with E-state index in [0.29, 0.717) is 6.04 Å². The molecular weight excluding hydrogens is 310 g/mol. The van der Waals surface area contributed by atoms with Gasteiger partial charge in [-0.05, 0) is 24.1 Å². The van der Waals surface area contributed by atoms with Crippen LogP contribution in [-0.2, 0) is 5.41 Å². The Morgan fingerprint density at radius 3 is 2.25 bits per heavy atom. The molecule has 1 N–H and O–H groups in total. The molecular formula is C18H22BrN. The number of hydrogen-bond donors (Lipinski definition) is 1. The first kappa shape index (κ1) is 15.3. The van der Waals surface area contributed by atoms with Gasteiger partial charge >= 0.3 is 0 Å². The molecule has 0 fully saturated rings. The van der Waals surface area contributed by atoms with E-state index < -0.39 is 0 Å². The van der Waals surface area contributed by atoms with Crippen molar-refractivity contribution in [2.45, 2.75) is 32.2 Å². The lowest BCUT2D eigenvalue weighted by atomic mass is 9.84. The number of benzene rings is 2. The minimum absolute atomic E-state index is 0.122. The highest BCUT2D eigenvalue weighted by Crippen LogP contribution is 2.26. The molecule has 2 aromatic carbocycles. The van der Waals surface area contributed by atoms with Gasteiger partial charge in [0, 0.05) is 22.5 Å². The standard InChI is InChI=1S/C18H22BrN/c1-14(16-11-7-8-12-17(16)19)20-13-18(2,3)15-9-5-4-6-10-15/h4-12,14,20H,13H2,1-3H3. The molecule has 1 nitrogen and oxygen atoms in total. The lowest BCUT2D eigenvalue weighted by Crippen LogP contribution is -2.34. The summed E-state index contributed by atoms with van der Waals surface area (Å²) < 4.78 is 1.16. The summed E-state index contributed by atoms with van der Waals surface area (Å²) in [5.74, 6) is 0. The molecule has 1 unspecified atom stereocenters. The number of hydrogen-bond acceptors (Lipinski definition) is 1. The fourth-order valence-corrected chi connectivity index (χ4v) is 2.96. The smallest absolute Gasteiger partial charge is 0.0303 e. The van der Waals surface area contributed by atoms with Crippen molar-refractivity contribution in [3.05, 3.63) is 70.2 Å². The minimum atomic E-state index is 0.122. The molecule has 0 aliphatic heterocycles. The van der Waals surface area contributed by atoms with Gasteiger partial charge in [-0.25, -0.2) is 0 Å². The molecule has 0 radical (unpaired) electrons. The van der Waals surface area contributed by atoms with Crippen LogP contribution in [0.3, 0.4) is 0 Å². The van der Waals surface area contributed by atoms with Crippen LogP contribution in [-0.4, -0.2) is 6.54 Å². The molecule has 20 heavy (non-hydrogen) atoms. The molecule has 0 aliphatic rings. The molecule has 0 aliphatic carbocycles. The van der Waals surface area contributed by atoms with Crippen LogP contribution in [0.15, 0.2) is 59.1 Å². The van der Waals surface area contributed by atoms with Crippen molar-refractivity contribution >= 4 is 15.9 Å². The molecule has 2 aromatic rings. The Morgan fingerprint density at radius 1 is 1.00 bits per heavy atom. The van der Waals surface area contributed by atoms with Gasteiger partial charge in [0.05, 0.1) is 0 Å². The van der Waals surface area contributed by atoms with Gasteiger partial charge in [0.1, 0.15) is 0 Å². The Bertz CT molecular complexity index is 548. The van der Waals surface area contributed by atoms with Crippen LogP contribution in [0.4, 0.5) is 0 Å². The summed E-state index contributed by atoms with van der Waals surface area (Å²) in [5, 5.41) is 3.65. The Kier molecular flexibility index (Phi) is 5.00. The zero-order valence-electron chi connectivity index (χ0n) is 12.4. The fourth-order valence-electron chi connectivity index (χ4n) is 2.34. The lowest BCUT2D eigenvalue weighted by molar-refractivity contribution is 0.435. The van der Waals surface area contributed by atoms with E-state index in [1.54, 1.807) is 0 Å². The van der Waals surface area contributed by atoms with Gasteiger partial charge in [0.25, 0.3) is 0 Å². The van der Waals surface area contributed by atoms with Crippen molar-refractivity contribution in [1.82, 2.24) is 5.32 Å². The third kappa shape index (κ3) is 3.71. The van der Waals surface area contributed by atoms with Crippen molar-refractivity contribution in [3.8, 4) is 0 Å². The second-order valence-corrected chi connectivity index (χ2v) is 6.73. The Balaban J connectivity index is 2.03. The van der Waals surface area contributed by atoms with Crippen LogP contribution in [0.25, 0.3) is 0 Å². The van der Waals surface area contributed by atoms with Crippen molar-refractivity contribution in [2.75, 3.05) is 6.54 Å². The average molecular weight is 332 g/mol. The van der Waals surface area contributed by atoms with Crippen LogP contribution >= 0.6 is 15.9 Å². The first-order chi connectivity index (χ1) is 9.50. The van der Waals surface area contributed by atoms with Gasteiger partial charge in [0.2, 0.25) is 0 Å². The molecule has 0 bridgehead atoms. The molecule has 2 heteroatoms.